The number of nitrogens with one attached hydrogen (secondary N) is 1. The van der Waals surface area contributed by atoms with E-state index in [1.807, 2.05) is 0 Å². The van der Waals surface area contributed by atoms with E-state index >= 15 is 0 Å². The molecule has 1 saturated carbocycles. The molecule has 0 saturated heterocycles. The SMILES string of the molecule is Cc1nc(C2CCCC2)sc1C(=O)NCC(C)(O)C(=O)O. The molecule has 116 valence electrons. The van der Waals surface area contributed by atoms with E-state index in [4.69, 9.17) is 5.11 Å². The maximum Gasteiger partial charge on any atom is 0.337 e. The second-order valence-corrected chi connectivity index (χ2v) is 6.74. The highest BCUT2D eigenvalue weighted by Crippen LogP contribution is 2.37. The van der Waals surface area contributed by atoms with Gasteiger partial charge in [0.15, 0.2) is 5.60 Å². The summed E-state index contributed by atoms with van der Waals surface area (Å²) in [5, 5.41) is 21.9. The van der Waals surface area contributed by atoms with Crippen LogP contribution in [0.2, 0.25) is 0 Å². The van der Waals surface area contributed by atoms with Gasteiger partial charge in [-0.25, -0.2) is 9.78 Å². The van der Waals surface area contributed by atoms with Crippen LogP contribution in [-0.2, 0) is 4.79 Å². The molecule has 21 heavy (non-hydrogen) atoms. The lowest BCUT2D eigenvalue weighted by molar-refractivity contribution is -0.155. The number of carbonyl (C=O) groups is 2. The number of thiazole rings is 1. The number of hydrogen-bond donors (Lipinski definition) is 3. The third-order valence-electron chi connectivity index (χ3n) is 3.78. The Hall–Kier alpha value is -1.47. The first-order valence-corrected chi connectivity index (χ1v) is 7.84. The maximum absolute atomic E-state index is 12.1. The van der Waals surface area contributed by atoms with Crippen molar-refractivity contribution in [3.05, 3.63) is 15.6 Å². The second-order valence-electron chi connectivity index (χ2n) is 5.71. The van der Waals surface area contributed by atoms with E-state index < -0.39 is 11.6 Å². The number of carboxylic acid groups (broad SMARTS) is 1. The monoisotopic (exact) mass is 312 g/mol. The van der Waals surface area contributed by atoms with Gasteiger partial charge in [-0.1, -0.05) is 12.8 Å². The van der Waals surface area contributed by atoms with Gasteiger partial charge in [0.1, 0.15) is 4.88 Å². The molecule has 0 aliphatic heterocycles. The van der Waals surface area contributed by atoms with Crippen LogP contribution in [0.15, 0.2) is 0 Å². The van der Waals surface area contributed by atoms with E-state index in [1.165, 1.54) is 24.2 Å². The first-order chi connectivity index (χ1) is 9.81. The molecule has 0 spiro atoms. The summed E-state index contributed by atoms with van der Waals surface area (Å²) in [6.45, 7) is 2.59. The van der Waals surface area contributed by atoms with Gasteiger partial charge in [0.25, 0.3) is 5.91 Å². The Kier molecular flexibility index (Phi) is 4.63. The topological polar surface area (TPSA) is 99.5 Å². The molecule has 1 atom stereocenters. The average Bonchev–Trinajstić information content (AvgIpc) is 3.04. The summed E-state index contributed by atoms with van der Waals surface area (Å²) in [5.74, 6) is -1.30. The maximum atomic E-state index is 12.1. The minimum absolute atomic E-state index is 0.336. The normalized spacial score (nSPS) is 18.4. The smallest absolute Gasteiger partial charge is 0.337 e. The number of carboxylic acids is 1. The van der Waals surface area contributed by atoms with Crippen LogP contribution in [0.1, 0.15) is 58.9 Å². The summed E-state index contributed by atoms with van der Waals surface area (Å²) in [6, 6.07) is 0. The average molecular weight is 312 g/mol. The minimum atomic E-state index is -1.97. The Balaban J connectivity index is 2.04. The van der Waals surface area contributed by atoms with Gasteiger partial charge >= 0.3 is 5.97 Å². The number of aryl methyl sites for hydroxylation is 1. The summed E-state index contributed by atoms with van der Waals surface area (Å²) >= 11 is 1.37. The van der Waals surface area contributed by atoms with Gasteiger partial charge in [-0.2, -0.15) is 0 Å². The molecule has 7 heteroatoms. The Morgan fingerprint density at radius 2 is 2.05 bits per heavy atom. The molecule has 0 bridgehead atoms. The standard InChI is InChI=1S/C14H20N2O4S/c1-8-10(11(17)15-7-14(2,20)13(18)19)21-12(16-8)9-5-3-4-6-9/h9,20H,3-7H2,1-2H3,(H,15,17)(H,18,19). The van der Waals surface area contributed by atoms with Crippen LogP contribution in [0.4, 0.5) is 0 Å². The van der Waals surface area contributed by atoms with Gasteiger partial charge in [0.05, 0.1) is 17.2 Å². The summed E-state index contributed by atoms with van der Waals surface area (Å²) in [5.41, 5.74) is -1.31. The molecule has 3 N–H and O–H groups in total. The van der Waals surface area contributed by atoms with Crippen molar-refractivity contribution in [2.24, 2.45) is 0 Å². The van der Waals surface area contributed by atoms with Crippen molar-refractivity contribution in [3.8, 4) is 0 Å². The molecule has 6 nitrogen and oxygen atoms in total. The van der Waals surface area contributed by atoms with Gasteiger partial charge in [0.2, 0.25) is 0 Å². The third kappa shape index (κ3) is 3.59. The van der Waals surface area contributed by atoms with Crippen LogP contribution in [0, 0.1) is 6.92 Å². The predicted octanol–water partition coefficient (Wildman–Crippen LogP) is 1.67. The van der Waals surface area contributed by atoms with Crippen LogP contribution in [-0.4, -0.2) is 39.2 Å². The number of hydrogen-bond acceptors (Lipinski definition) is 5. The summed E-state index contributed by atoms with van der Waals surface area (Å²) in [4.78, 5) is 27.9. The molecule has 1 aromatic heterocycles. The number of carbonyl (C=O) groups excluding carboxylic acids is 1. The van der Waals surface area contributed by atoms with Crippen LogP contribution in [0.5, 0.6) is 0 Å². The number of aromatic nitrogens is 1. The lowest BCUT2D eigenvalue weighted by Gasteiger charge is -2.17. The van der Waals surface area contributed by atoms with Crippen molar-refractivity contribution < 1.29 is 19.8 Å². The van der Waals surface area contributed by atoms with E-state index in [9.17, 15) is 14.7 Å². The molecule has 1 aliphatic rings. The lowest BCUT2D eigenvalue weighted by Crippen LogP contribution is -2.46. The molecule has 1 amide bonds. The number of aliphatic hydroxyl groups is 1. The zero-order valence-electron chi connectivity index (χ0n) is 12.2. The van der Waals surface area contributed by atoms with E-state index in [0.29, 0.717) is 16.5 Å². The van der Waals surface area contributed by atoms with E-state index in [1.54, 1.807) is 6.92 Å². The number of nitrogens with zero attached hydrogens (tertiary/aromatic N) is 1. The van der Waals surface area contributed by atoms with Crippen LogP contribution < -0.4 is 5.32 Å². The first-order valence-electron chi connectivity index (χ1n) is 7.02. The minimum Gasteiger partial charge on any atom is -0.479 e. The molecule has 1 aromatic rings. The van der Waals surface area contributed by atoms with Gasteiger partial charge in [-0.3, -0.25) is 4.79 Å². The zero-order chi connectivity index (χ0) is 15.6. The van der Waals surface area contributed by atoms with Crippen LogP contribution in [0.3, 0.4) is 0 Å². The van der Waals surface area contributed by atoms with E-state index in [0.717, 1.165) is 24.8 Å². The van der Waals surface area contributed by atoms with Crippen molar-refractivity contribution in [1.82, 2.24) is 10.3 Å². The second kappa shape index (κ2) is 6.11. The molecule has 1 unspecified atom stereocenters. The van der Waals surface area contributed by atoms with Crippen LogP contribution in [0.25, 0.3) is 0 Å². The quantitative estimate of drug-likeness (QED) is 0.768. The predicted molar refractivity (Wildman–Crippen MR) is 78.7 cm³/mol. The van der Waals surface area contributed by atoms with E-state index in [2.05, 4.69) is 10.3 Å². The number of amides is 1. The summed E-state index contributed by atoms with van der Waals surface area (Å²) in [6.07, 6.45) is 4.63. The molecular formula is C14H20N2O4S. The van der Waals surface area contributed by atoms with E-state index in [-0.39, 0.29) is 12.5 Å². The van der Waals surface area contributed by atoms with Crippen molar-refractivity contribution in [2.45, 2.75) is 51.0 Å². The van der Waals surface area contributed by atoms with Crippen molar-refractivity contribution in [1.29, 1.82) is 0 Å². The summed E-state index contributed by atoms with van der Waals surface area (Å²) < 4.78 is 0. The highest BCUT2D eigenvalue weighted by molar-refractivity contribution is 7.13. The first kappa shape index (κ1) is 15.9. The largest absolute Gasteiger partial charge is 0.479 e. The van der Waals surface area contributed by atoms with Crippen LogP contribution >= 0.6 is 11.3 Å². The fraction of sp³-hybridized carbons (Fsp3) is 0.643. The molecule has 0 radical (unpaired) electrons. The van der Waals surface area contributed by atoms with Gasteiger partial charge in [0, 0.05) is 5.92 Å². The number of aliphatic carboxylic acids is 1. The fourth-order valence-corrected chi connectivity index (χ4v) is 3.54. The Labute approximate surface area is 127 Å². The fourth-order valence-electron chi connectivity index (χ4n) is 2.38. The van der Waals surface area contributed by atoms with Gasteiger partial charge < -0.3 is 15.5 Å². The molecule has 0 aromatic carbocycles. The third-order valence-corrected chi connectivity index (χ3v) is 5.10. The Bertz CT molecular complexity index is 547. The molecule has 2 rings (SSSR count). The van der Waals surface area contributed by atoms with Crippen molar-refractivity contribution >= 4 is 23.2 Å². The van der Waals surface area contributed by atoms with Crippen molar-refractivity contribution in [3.63, 3.8) is 0 Å². The highest BCUT2D eigenvalue weighted by atomic mass is 32.1. The molecule has 1 heterocycles. The van der Waals surface area contributed by atoms with Crippen molar-refractivity contribution in [2.75, 3.05) is 6.54 Å². The molecule has 1 aliphatic carbocycles. The van der Waals surface area contributed by atoms with Gasteiger partial charge in [-0.05, 0) is 26.7 Å². The molecular weight excluding hydrogens is 292 g/mol. The van der Waals surface area contributed by atoms with Gasteiger partial charge in [-0.15, -0.1) is 11.3 Å². The summed E-state index contributed by atoms with van der Waals surface area (Å²) in [7, 11) is 0. The Morgan fingerprint density at radius 1 is 1.43 bits per heavy atom. The molecule has 1 fully saturated rings. The highest BCUT2D eigenvalue weighted by Gasteiger charge is 2.31. The Morgan fingerprint density at radius 3 is 2.62 bits per heavy atom. The number of rotatable bonds is 5. The zero-order valence-corrected chi connectivity index (χ0v) is 13.0. The lowest BCUT2D eigenvalue weighted by atomic mass is 10.1.